The van der Waals surface area contributed by atoms with Crippen LogP contribution in [-0.2, 0) is 4.79 Å². The second kappa shape index (κ2) is 8.70. The first kappa shape index (κ1) is 17.5. The van der Waals surface area contributed by atoms with Gasteiger partial charge in [-0.25, -0.2) is 4.79 Å². The number of urea groups is 1. The first-order valence-electron chi connectivity index (χ1n) is 7.80. The lowest BCUT2D eigenvalue weighted by atomic mass is 9.84. The zero-order chi connectivity index (χ0) is 15.7. The Kier molecular flexibility index (Phi) is 7.26. The number of aliphatic carboxylic acids is 1. The topological polar surface area (TPSA) is 78.4 Å². The van der Waals surface area contributed by atoms with Crippen LogP contribution < -0.4 is 10.6 Å². The van der Waals surface area contributed by atoms with E-state index in [9.17, 15) is 9.59 Å². The van der Waals surface area contributed by atoms with Gasteiger partial charge in [-0.2, -0.15) is 0 Å². The van der Waals surface area contributed by atoms with Gasteiger partial charge in [0.1, 0.15) is 0 Å². The molecular formula is C16H28N2O3. The number of carbonyl (C=O) groups excluding carboxylic acids is 1. The predicted molar refractivity (Wildman–Crippen MR) is 83.2 cm³/mol. The molecule has 1 aliphatic carbocycles. The Morgan fingerprint density at radius 3 is 2.57 bits per heavy atom. The lowest BCUT2D eigenvalue weighted by Crippen LogP contribution is -2.37. The number of allylic oxidation sites excluding steroid dienone is 1. The number of carboxylic acid groups (broad SMARTS) is 1. The monoisotopic (exact) mass is 296 g/mol. The molecule has 0 heterocycles. The van der Waals surface area contributed by atoms with Crippen molar-refractivity contribution in [3.8, 4) is 0 Å². The van der Waals surface area contributed by atoms with E-state index in [4.69, 9.17) is 5.11 Å². The van der Waals surface area contributed by atoms with Gasteiger partial charge in [-0.3, -0.25) is 4.79 Å². The third-order valence-corrected chi connectivity index (χ3v) is 3.97. The summed E-state index contributed by atoms with van der Waals surface area (Å²) in [6, 6.07) is -0.136. The summed E-state index contributed by atoms with van der Waals surface area (Å²) in [5.74, 6) is -0.769. The number of carboxylic acids is 1. The Labute approximate surface area is 127 Å². The fraction of sp³-hybridized carbons (Fsp3) is 0.750. The number of carbonyl (C=O) groups is 2. The maximum Gasteiger partial charge on any atom is 0.314 e. The highest BCUT2D eigenvalue weighted by Crippen LogP contribution is 2.25. The zero-order valence-corrected chi connectivity index (χ0v) is 13.2. The van der Waals surface area contributed by atoms with Gasteiger partial charge in [-0.1, -0.05) is 25.5 Å². The highest BCUT2D eigenvalue weighted by Gasteiger charge is 2.19. The summed E-state index contributed by atoms with van der Waals surface area (Å²) in [7, 11) is 0. The van der Waals surface area contributed by atoms with E-state index in [1.54, 1.807) is 0 Å². The molecule has 0 bridgehead atoms. The Bertz CT molecular complexity index is 389. The Hall–Kier alpha value is -1.52. The van der Waals surface area contributed by atoms with Crippen molar-refractivity contribution in [2.24, 2.45) is 5.41 Å². The summed E-state index contributed by atoms with van der Waals surface area (Å²) >= 11 is 0. The van der Waals surface area contributed by atoms with Crippen LogP contribution in [0.3, 0.4) is 0 Å². The van der Waals surface area contributed by atoms with E-state index in [0.717, 1.165) is 12.8 Å². The summed E-state index contributed by atoms with van der Waals surface area (Å²) in [4.78, 5) is 22.2. The molecule has 5 heteroatoms. The van der Waals surface area contributed by atoms with Gasteiger partial charge in [0.2, 0.25) is 0 Å². The highest BCUT2D eigenvalue weighted by molar-refractivity contribution is 5.73. The van der Waals surface area contributed by atoms with E-state index in [1.165, 1.54) is 24.8 Å². The van der Waals surface area contributed by atoms with E-state index < -0.39 is 5.97 Å². The van der Waals surface area contributed by atoms with Gasteiger partial charge in [0.15, 0.2) is 0 Å². The van der Waals surface area contributed by atoms with E-state index >= 15 is 0 Å². The van der Waals surface area contributed by atoms with Crippen molar-refractivity contribution in [1.82, 2.24) is 10.6 Å². The van der Waals surface area contributed by atoms with Crippen molar-refractivity contribution in [3.63, 3.8) is 0 Å². The molecule has 0 aromatic carbocycles. The van der Waals surface area contributed by atoms with E-state index in [2.05, 4.69) is 16.7 Å². The molecular weight excluding hydrogens is 268 g/mol. The van der Waals surface area contributed by atoms with Crippen LogP contribution in [0.2, 0.25) is 0 Å². The average Bonchev–Trinajstić information content (AvgIpc) is 2.89. The smallest absolute Gasteiger partial charge is 0.314 e. The first-order valence-corrected chi connectivity index (χ1v) is 7.80. The summed E-state index contributed by atoms with van der Waals surface area (Å²) in [5.41, 5.74) is 1.38. The van der Waals surface area contributed by atoms with E-state index in [1.807, 2.05) is 13.8 Å². The van der Waals surface area contributed by atoms with Gasteiger partial charge >= 0.3 is 12.0 Å². The van der Waals surface area contributed by atoms with Crippen molar-refractivity contribution in [2.45, 2.75) is 58.8 Å². The fourth-order valence-electron chi connectivity index (χ4n) is 2.45. The third-order valence-electron chi connectivity index (χ3n) is 3.97. The number of hydrogen-bond acceptors (Lipinski definition) is 2. The maximum absolute atomic E-state index is 11.6. The number of hydrogen-bond donors (Lipinski definition) is 3. The molecule has 0 aromatic rings. The highest BCUT2D eigenvalue weighted by atomic mass is 16.4. The molecule has 0 spiro atoms. The van der Waals surface area contributed by atoms with Crippen LogP contribution in [-0.4, -0.2) is 30.2 Å². The van der Waals surface area contributed by atoms with Gasteiger partial charge < -0.3 is 15.7 Å². The Morgan fingerprint density at radius 1 is 1.24 bits per heavy atom. The molecule has 0 atom stereocenters. The standard InChI is InChI=1S/C16H28N2O3/c1-16(2,9-7-14(19)20)10-12-18-15(21)17-11-8-13-5-3-4-6-13/h5H,3-4,6-12H2,1-2H3,(H,19,20)(H2,17,18,21). The van der Waals surface area contributed by atoms with Crippen molar-refractivity contribution >= 4 is 12.0 Å². The maximum atomic E-state index is 11.6. The summed E-state index contributed by atoms with van der Waals surface area (Å²) in [5, 5.41) is 14.4. The van der Waals surface area contributed by atoms with Crippen LogP contribution in [0.1, 0.15) is 58.8 Å². The molecule has 3 N–H and O–H groups in total. The molecule has 2 amide bonds. The molecule has 0 saturated heterocycles. The van der Waals surface area contributed by atoms with Gasteiger partial charge in [-0.05, 0) is 43.9 Å². The zero-order valence-electron chi connectivity index (χ0n) is 13.2. The van der Waals surface area contributed by atoms with Crippen LogP contribution >= 0.6 is 0 Å². The normalized spacial score (nSPS) is 14.7. The number of rotatable bonds is 9. The lowest BCUT2D eigenvalue weighted by Gasteiger charge is -2.23. The summed E-state index contributed by atoms with van der Waals surface area (Å²) in [6.45, 7) is 5.31. The Balaban J connectivity index is 2.07. The second-order valence-electron chi connectivity index (χ2n) is 6.50. The fourth-order valence-corrected chi connectivity index (χ4v) is 2.45. The van der Waals surface area contributed by atoms with Gasteiger partial charge in [0.05, 0.1) is 0 Å². The first-order chi connectivity index (χ1) is 9.89. The molecule has 5 nitrogen and oxygen atoms in total. The van der Waals surface area contributed by atoms with Crippen LogP contribution in [0.15, 0.2) is 11.6 Å². The van der Waals surface area contributed by atoms with E-state index in [0.29, 0.717) is 19.5 Å². The van der Waals surface area contributed by atoms with Gasteiger partial charge in [0, 0.05) is 19.5 Å². The van der Waals surface area contributed by atoms with Crippen molar-refractivity contribution in [2.75, 3.05) is 13.1 Å². The Morgan fingerprint density at radius 2 is 1.95 bits per heavy atom. The molecule has 0 saturated carbocycles. The molecule has 0 fully saturated rings. The number of nitrogens with one attached hydrogen (secondary N) is 2. The third kappa shape index (κ3) is 8.38. The average molecular weight is 296 g/mol. The molecule has 0 aliphatic heterocycles. The van der Waals surface area contributed by atoms with Gasteiger partial charge in [-0.15, -0.1) is 0 Å². The minimum absolute atomic E-state index is 0.0691. The predicted octanol–water partition coefficient (Wildman–Crippen LogP) is 3.07. The van der Waals surface area contributed by atoms with Crippen LogP contribution in [0.5, 0.6) is 0 Å². The van der Waals surface area contributed by atoms with Crippen LogP contribution in [0.4, 0.5) is 4.79 Å². The largest absolute Gasteiger partial charge is 0.481 e. The van der Waals surface area contributed by atoms with Crippen LogP contribution in [0.25, 0.3) is 0 Å². The summed E-state index contributed by atoms with van der Waals surface area (Å²) in [6.07, 6.45) is 8.37. The SMILES string of the molecule is CC(C)(CCNC(=O)NCCC1=CCCC1)CCC(=O)O. The van der Waals surface area contributed by atoms with Gasteiger partial charge in [0.25, 0.3) is 0 Å². The van der Waals surface area contributed by atoms with Crippen molar-refractivity contribution in [1.29, 1.82) is 0 Å². The molecule has 1 rings (SSSR count). The van der Waals surface area contributed by atoms with Crippen LogP contribution in [0, 0.1) is 5.41 Å². The molecule has 1 aliphatic rings. The van der Waals surface area contributed by atoms with Crippen molar-refractivity contribution in [3.05, 3.63) is 11.6 Å². The molecule has 0 unspecified atom stereocenters. The lowest BCUT2D eigenvalue weighted by molar-refractivity contribution is -0.137. The number of amides is 2. The molecule has 120 valence electrons. The van der Waals surface area contributed by atoms with Crippen molar-refractivity contribution < 1.29 is 14.7 Å². The second-order valence-corrected chi connectivity index (χ2v) is 6.50. The quantitative estimate of drug-likeness (QED) is 0.572. The molecule has 21 heavy (non-hydrogen) atoms. The molecule has 0 aromatic heterocycles. The molecule has 0 radical (unpaired) electrons. The summed E-state index contributed by atoms with van der Waals surface area (Å²) < 4.78 is 0. The minimum atomic E-state index is -0.769. The minimum Gasteiger partial charge on any atom is -0.481 e. The van der Waals surface area contributed by atoms with E-state index in [-0.39, 0.29) is 17.9 Å².